The molecule has 0 aliphatic carbocycles. The number of halogens is 1. The number of para-hydroxylation sites is 1. The van der Waals surface area contributed by atoms with Crippen LogP contribution < -0.4 is 0 Å². The minimum absolute atomic E-state index is 0.0642. The smallest absolute Gasteiger partial charge is 0.192 e. The van der Waals surface area contributed by atoms with E-state index in [2.05, 4.69) is 15.2 Å². The summed E-state index contributed by atoms with van der Waals surface area (Å²) >= 11 is 7.43. The van der Waals surface area contributed by atoms with Gasteiger partial charge in [-0.1, -0.05) is 41.6 Å². The quantitative estimate of drug-likeness (QED) is 0.285. The molecule has 0 fully saturated rings. The van der Waals surface area contributed by atoms with E-state index < -0.39 is 0 Å². The van der Waals surface area contributed by atoms with Crippen LogP contribution in [-0.2, 0) is 11.3 Å². The highest BCUT2D eigenvalue weighted by Gasteiger charge is 2.25. The molecule has 2 aromatic carbocycles. The predicted molar refractivity (Wildman–Crippen MR) is 125 cm³/mol. The van der Waals surface area contributed by atoms with Crippen LogP contribution in [0.5, 0.6) is 0 Å². The number of H-pyrrole nitrogens is 1. The first-order chi connectivity index (χ1) is 15.0. The molecule has 0 saturated heterocycles. The topological polar surface area (TPSA) is 72.8 Å². The SMILES string of the molecule is COCCn1c(SC(C)C(=O)c2c(C)[nH]c3ccccc23)nnc1-c1ccc(Cl)cc1. The van der Waals surface area contributed by atoms with Gasteiger partial charge in [-0.3, -0.25) is 9.36 Å². The van der Waals surface area contributed by atoms with Gasteiger partial charge in [0.1, 0.15) is 0 Å². The van der Waals surface area contributed by atoms with Crippen molar-refractivity contribution < 1.29 is 9.53 Å². The van der Waals surface area contributed by atoms with Gasteiger partial charge >= 0.3 is 0 Å². The van der Waals surface area contributed by atoms with Crippen LogP contribution in [0.4, 0.5) is 0 Å². The van der Waals surface area contributed by atoms with Crippen LogP contribution in [0.25, 0.3) is 22.3 Å². The average Bonchev–Trinajstić information content (AvgIpc) is 3.31. The van der Waals surface area contributed by atoms with Gasteiger partial charge in [0, 0.05) is 39.9 Å². The zero-order valence-electron chi connectivity index (χ0n) is 17.6. The van der Waals surface area contributed by atoms with E-state index in [-0.39, 0.29) is 11.0 Å². The van der Waals surface area contributed by atoms with Crippen molar-refractivity contribution in [3.63, 3.8) is 0 Å². The van der Waals surface area contributed by atoms with Crippen molar-refractivity contribution in [2.45, 2.75) is 30.8 Å². The number of nitrogens with one attached hydrogen (secondary N) is 1. The lowest BCUT2D eigenvalue weighted by Gasteiger charge is -2.13. The summed E-state index contributed by atoms with van der Waals surface area (Å²) in [7, 11) is 1.66. The fourth-order valence-corrected chi connectivity index (χ4v) is 4.64. The molecule has 0 aliphatic rings. The summed E-state index contributed by atoms with van der Waals surface area (Å²) in [6, 6.07) is 15.3. The van der Waals surface area contributed by atoms with E-state index >= 15 is 0 Å². The maximum absolute atomic E-state index is 13.3. The van der Waals surface area contributed by atoms with E-state index in [1.165, 1.54) is 11.8 Å². The number of aromatic amines is 1. The molecule has 4 aromatic rings. The van der Waals surface area contributed by atoms with Crippen molar-refractivity contribution >= 4 is 40.0 Å². The Morgan fingerprint density at radius 2 is 1.94 bits per heavy atom. The van der Waals surface area contributed by atoms with Gasteiger partial charge < -0.3 is 9.72 Å². The summed E-state index contributed by atoms with van der Waals surface area (Å²) in [6.45, 7) is 4.93. The number of carbonyl (C=O) groups excluding carboxylic acids is 1. The molecule has 2 aromatic heterocycles. The van der Waals surface area contributed by atoms with Crippen molar-refractivity contribution in [3.05, 3.63) is 64.8 Å². The fraction of sp³-hybridized carbons (Fsp3) is 0.261. The number of rotatable bonds is 8. The lowest BCUT2D eigenvalue weighted by Crippen LogP contribution is -2.16. The zero-order valence-corrected chi connectivity index (χ0v) is 19.1. The molecule has 31 heavy (non-hydrogen) atoms. The minimum Gasteiger partial charge on any atom is -0.383 e. The van der Waals surface area contributed by atoms with Gasteiger partial charge in [-0.05, 0) is 44.2 Å². The third kappa shape index (κ3) is 4.39. The number of thioether (sulfide) groups is 1. The Morgan fingerprint density at radius 3 is 2.68 bits per heavy atom. The zero-order chi connectivity index (χ0) is 22.0. The lowest BCUT2D eigenvalue weighted by molar-refractivity contribution is 0.0995. The molecule has 0 aliphatic heterocycles. The summed E-state index contributed by atoms with van der Waals surface area (Å²) in [4.78, 5) is 16.7. The third-order valence-electron chi connectivity index (χ3n) is 5.13. The van der Waals surface area contributed by atoms with Crippen LogP contribution in [0.1, 0.15) is 23.0 Å². The lowest BCUT2D eigenvalue weighted by atomic mass is 10.1. The van der Waals surface area contributed by atoms with Gasteiger partial charge in [0.15, 0.2) is 16.8 Å². The van der Waals surface area contributed by atoms with Gasteiger partial charge in [0.25, 0.3) is 0 Å². The Morgan fingerprint density at radius 1 is 1.19 bits per heavy atom. The molecule has 0 saturated carbocycles. The number of Topliss-reactive ketones (excluding diaryl/α,β-unsaturated/α-hetero) is 1. The molecule has 0 bridgehead atoms. The Labute approximate surface area is 190 Å². The van der Waals surface area contributed by atoms with E-state index in [1.807, 2.05) is 66.9 Å². The Hall–Kier alpha value is -2.61. The van der Waals surface area contributed by atoms with E-state index in [0.29, 0.717) is 23.3 Å². The first-order valence-corrected chi connectivity index (χ1v) is 11.2. The van der Waals surface area contributed by atoms with Crippen molar-refractivity contribution in [2.24, 2.45) is 0 Å². The van der Waals surface area contributed by atoms with Crippen LogP contribution in [0.2, 0.25) is 5.02 Å². The number of benzene rings is 2. The monoisotopic (exact) mass is 454 g/mol. The van der Waals surface area contributed by atoms with Gasteiger partial charge in [-0.15, -0.1) is 10.2 Å². The molecular weight excluding hydrogens is 432 g/mol. The fourth-order valence-electron chi connectivity index (χ4n) is 3.58. The summed E-state index contributed by atoms with van der Waals surface area (Å²) in [5.41, 5.74) is 3.48. The molecule has 1 atom stereocenters. The summed E-state index contributed by atoms with van der Waals surface area (Å²) < 4.78 is 7.27. The van der Waals surface area contributed by atoms with Crippen molar-refractivity contribution in [1.82, 2.24) is 19.7 Å². The highest BCUT2D eigenvalue weighted by atomic mass is 35.5. The Kier molecular flexibility index (Phi) is 6.46. The second-order valence-electron chi connectivity index (χ2n) is 7.25. The highest BCUT2D eigenvalue weighted by molar-refractivity contribution is 8.00. The molecule has 4 rings (SSSR count). The standard InChI is InChI=1S/C23H23ClN4O2S/c1-14-20(18-6-4-5-7-19(18)25-14)21(29)15(2)31-23-27-26-22(28(23)12-13-30-3)16-8-10-17(24)11-9-16/h4-11,15,25H,12-13H2,1-3H3. The Bertz CT molecular complexity index is 1220. The number of hydrogen-bond acceptors (Lipinski definition) is 5. The largest absolute Gasteiger partial charge is 0.383 e. The number of aryl methyl sites for hydroxylation is 1. The first-order valence-electron chi connectivity index (χ1n) is 9.96. The van der Waals surface area contributed by atoms with Crippen LogP contribution in [-0.4, -0.2) is 44.5 Å². The van der Waals surface area contributed by atoms with Gasteiger partial charge in [0.05, 0.1) is 18.4 Å². The maximum atomic E-state index is 13.3. The number of carbonyl (C=O) groups is 1. The molecule has 2 heterocycles. The number of aromatic nitrogens is 4. The molecule has 0 amide bonds. The minimum atomic E-state index is -0.332. The van der Waals surface area contributed by atoms with Crippen LogP contribution >= 0.6 is 23.4 Å². The number of ether oxygens (including phenoxy) is 1. The van der Waals surface area contributed by atoms with Gasteiger partial charge in [0.2, 0.25) is 0 Å². The summed E-state index contributed by atoms with van der Waals surface area (Å²) in [5.74, 6) is 0.786. The summed E-state index contributed by atoms with van der Waals surface area (Å²) in [6.07, 6.45) is 0. The molecule has 1 N–H and O–H groups in total. The van der Waals surface area contributed by atoms with Crippen molar-refractivity contribution in [2.75, 3.05) is 13.7 Å². The van der Waals surface area contributed by atoms with Crippen LogP contribution in [0.3, 0.4) is 0 Å². The average molecular weight is 455 g/mol. The van der Waals surface area contributed by atoms with Crippen molar-refractivity contribution in [3.8, 4) is 11.4 Å². The third-order valence-corrected chi connectivity index (χ3v) is 6.46. The van der Waals surface area contributed by atoms with E-state index in [0.717, 1.165) is 33.5 Å². The Balaban J connectivity index is 1.64. The first kappa shape index (κ1) is 21.6. The molecule has 160 valence electrons. The maximum Gasteiger partial charge on any atom is 0.192 e. The number of ketones is 1. The van der Waals surface area contributed by atoms with Gasteiger partial charge in [-0.25, -0.2) is 0 Å². The number of fused-ring (bicyclic) bond motifs is 1. The van der Waals surface area contributed by atoms with E-state index in [1.54, 1.807) is 7.11 Å². The second kappa shape index (κ2) is 9.26. The number of hydrogen-bond donors (Lipinski definition) is 1. The van der Waals surface area contributed by atoms with Crippen molar-refractivity contribution in [1.29, 1.82) is 0 Å². The molecule has 0 spiro atoms. The molecule has 6 nitrogen and oxygen atoms in total. The van der Waals surface area contributed by atoms with Crippen LogP contribution in [0, 0.1) is 6.92 Å². The van der Waals surface area contributed by atoms with E-state index in [9.17, 15) is 4.79 Å². The predicted octanol–water partition coefficient (Wildman–Crippen LogP) is 5.40. The molecule has 8 heteroatoms. The molecule has 0 radical (unpaired) electrons. The molecule has 1 unspecified atom stereocenters. The molecular formula is C23H23ClN4O2S. The number of nitrogens with zero attached hydrogens (tertiary/aromatic N) is 3. The number of methoxy groups -OCH3 is 1. The summed E-state index contributed by atoms with van der Waals surface area (Å²) in [5, 5.41) is 10.7. The van der Waals surface area contributed by atoms with Crippen LogP contribution in [0.15, 0.2) is 53.7 Å². The normalized spacial score (nSPS) is 12.4. The highest BCUT2D eigenvalue weighted by Crippen LogP contribution is 2.31. The van der Waals surface area contributed by atoms with E-state index in [4.69, 9.17) is 16.3 Å². The van der Waals surface area contributed by atoms with Gasteiger partial charge in [-0.2, -0.15) is 0 Å². The second-order valence-corrected chi connectivity index (χ2v) is 9.00.